The fourth-order valence-electron chi connectivity index (χ4n) is 4.11. The first-order chi connectivity index (χ1) is 12.3. The van der Waals surface area contributed by atoms with Gasteiger partial charge < -0.3 is 4.90 Å². The van der Waals surface area contributed by atoms with Crippen LogP contribution in [0.4, 0.5) is 11.4 Å². The van der Waals surface area contributed by atoms with Crippen molar-refractivity contribution >= 4 is 29.2 Å². The lowest BCUT2D eigenvalue weighted by molar-refractivity contribution is 0.376. The maximum absolute atomic E-state index is 6.66. The lowest BCUT2D eigenvalue weighted by atomic mass is 9.79. The normalized spacial score (nSPS) is 19.0. The molecule has 1 aliphatic rings. The van der Waals surface area contributed by atoms with Crippen LogP contribution in [0.15, 0.2) is 41.4 Å². The van der Waals surface area contributed by atoms with E-state index in [9.17, 15) is 0 Å². The summed E-state index contributed by atoms with van der Waals surface area (Å²) in [4.78, 5) is 7.20. The van der Waals surface area contributed by atoms with Crippen LogP contribution in [0, 0.1) is 6.92 Å². The lowest BCUT2D eigenvalue weighted by Gasteiger charge is -2.47. The van der Waals surface area contributed by atoms with Crippen LogP contribution >= 0.6 is 11.6 Å². The number of para-hydroxylation sites is 1. The van der Waals surface area contributed by atoms with E-state index < -0.39 is 0 Å². The number of aliphatic imine (C=N–C) groups is 1. The van der Waals surface area contributed by atoms with Gasteiger partial charge in [0, 0.05) is 29.5 Å². The summed E-state index contributed by atoms with van der Waals surface area (Å²) in [5, 5.41) is 0.770. The van der Waals surface area contributed by atoms with Crippen molar-refractivity contribution in [2.45, 2.75) is 58.9 Å². The highest BCUT2D eigenvalue weighted by molar-refractivity contribution is 6.33. The molecule has 2 nitrogen and oxygen atoms in total. The van der Waals surface area contributed by atoms with Gasteiger partial charge in [-0.25, -0.2) is 0 Å². The van der Waals surface area contributed by atoms with Gasteiger partial charge in [-0.2, -0.15) is 0 Å². The van der Waals surface area contributed by atoms with Crippen molar-refractivity contribution in [3.05, 3.63) is 58.1 Å². The molecule has 0 N–H and O–H groups in total. The van der Waals surface area contributed by atoms with Crippen LogP contribution in [0.1, 0.15) is 63.1 Å². The molecule has 1 unspecified atom stereocenters. The van der Waals surface area contributed by atoms with Crippen LogP contribution in [0.25, 0.3) is 0 Å². The van der Waals surface area contributed by atoms with Gasteiger partial charge in [-0.05, 0) is 68.9 Å². The third kappa shape index (κ3) is 3.66. The second-order valence-electron chi connectivity index (χ2n) is 8.05. The van der Waals surface area contributed by atoms with Gasteiger partial charge in [-0.3, -0.25) is 4.99 Å². The Balaban J connectivity index is 2.02. The Kier molecular flexibility index (Phi) is 5.43. The summed E-state index contributed by atoms with van der Waals surface area (Å²) in [5.74, 6) is 0.510. The molecular formula is C23H29ClN2. The molecule has 0 aliphatic carbocycles. The molecule has 1 heterocycles. The molecule has 2 aromatic rings. The third-order valence-corrected chi connectivity index (χ3v) is 5.74. The highest BCUT2D eigenvalue weighted by atomic mass is 35.5. The number of rotatable bonds is 4. The molecule has 1 atom stereocenters. The molecule has 3 rings (SSSR count). The number of anilines is 1. The van der Waals surface area contributed by atoms with Crippen molar-refractivity contribution in [2.24, 2.45) is 4.99 Å². The van der Waals surface area contributed by atoms with E-state index in [0.29, 0.717) is 5.92 Å². The van der Waals surface area contributed by atoms with Crippen LogP contribution in [-0.4, -0.2) is 18.3 Å². The fourth-order valence-corrected chi connectivity index (χ4v) is 4.32. The highest BCUT2D eigenvalue weighted by Crippen LogP contribution is 2.45. The largest absolute Gasteiger partial charge is 0.366 e. The quantitative estimate of drug-likeness (QED) is 0.536. The number of hydrogen-bond donors (Lipinski definition) is 0. The maximum Gasteiger partial charge on any atom is 0.0659 e. The molecule has 0 amide bonds. The molecule has 26 heavy (non-hydrogen) atoms. The number of hydrogen-bond acceptors (Lipinski definition) is 2. The number of aryl methyl sites for hydroxylation is 1. The number of halogens is 1. The second-order valence-corrected chi connectivity index (χ2v) is 8.45. The standard InChI is InChI=1S/C23H29ClN2/c1-6-11-26-22-13-20(24)18(12-19(22)17(3)14-23(26,4)5)15-25-21-10-8-7-9-16(21)2/h7-10,12-13,15,17H,6,11,14H2,1-5H3. The van der Waals surface area contributed by atoms with Crippen LogP contribution in [-0.2, 0) is 0 Å². The molecular weight excluding hydrogens is 340 g/mol. The predicted molar refractivity (Wildman–Crippen MR) is 115 cm³/mol. The summed E-state index contributed by atoms with van der Waals surface area (Å²) in [7, 11) is 0. The van der Waals surface area contributed by atoms with E-state index in [2.05, 4.69) is 62.7 Å². The van der Waals surface area contributed by atoms with Gasteiger partial charge in [-0.1, -0.05) is 43.6 Å². The molecule has 3 heteroatoms. The number of benzene rings is 2. The SMILES string of the molecule is CCCN1c2cc(Cl)c(C=Nc3ccccc3C)cc2C(C)CC1(C)C. The summed E-state index contributed by atoms with van der Waals surface area (Å²) in [6, 6.07) is 12.5. The molecule has 0 saturated carbocycles. The van der Waals surface area contributed by atoms with Crippen LogP contribution in [0.5, 0.6) is 0 Å². The van der Waals surface area contributed by atoms with E-state index in [1.54, 1.807) is 0 Å². The molecule has 2 aromatic carbocycles. The lowest BCUT2D eigenvalue weighted by Crippen LogP contribution is -2.48. The van der Waals surface area contributed by atoms with E-state index in [1.807, 2.05) is 24.4 Å². The zero-order valence-electron chi connectivity index (χ0n) is 16.5. The van der Waals surface area contributed by atoms with Crippen molar-refractivity contribution < 1.29 is 0 Å². The van der Waals surface area contributed by atoms with E-state index in [4.69, 9.17) is 11.6 Å². The first-order valence-corrected chi connectivity index (χ1v) is 9.92. The van der Waals surface area contributed by atoms with Gasteiger partial charge in [0.1, 0.15) is 0 Å². The Morgan fingerprint density at radius 2 is 2.00 bits per heavy atom. The zero-order valence-corrected chi connectivity index (χ0v) is 17.3. The maximum atomic E-state index is 6.66. The summed E-state index contributed by atoms with van der Waals surface area (Å²) in [6.45, 7) is 12.4. The Morgan fingerprint density at radius 1 is 1.27 bits per heavy atom. The molecule has 0 fully saturated rings. The van der Waals surface area contributed by atoms with Crippen LogP contribution in [0.3, 0.4) is 0 Å². The van der Waals surface area contributed by atoms with Gasteiger partial charge in [0.15, 0.2) is 0 Å². The van der Waals surface area contributed by atoms with E-state index >= 15 is 0 Å². The number of fused-ring (bicyclic) bond motifs is 1. The molecule has 0 spiro atoms. The predicted octanol–water partition coefficient (Wildman–Crippen LogP) is 6.90. The topological polar surface area (TPSA) is 15.6 Å². The zero-order chi connectivity index (χ0) is 18.9. The molecule has 1 aliphatic heterocycles. The van der Waals surface area contributed by atoms with Crippen molar-refractivity contribution in [1.82, 2.24) is 0 Å². The van der Waals surface area contributed by atoms with Gasteiger partial charge >= 0.3 is 0 Å². The van der Waals surface area contributed by atoms with Crippen molar-refractivity contribution in [2.75, 3.05) is 11.4 Å². The Labute approximate surface area is 162 Å². The Morgan fingerprint density at radius 3 is 2.69 bits per heavy atom. The minimum atomic E-state index is 0.155. The third-order valence-electron chi connectivity index (χ3n) is 5.41. The summed E-state index contributed by atoms with van der Waals surface area (Å²) >= 11 is 6.66. The molecule has 138 valence electrons. The van der Waals surface area contributed by atoms with Gasteiger partial charge in [0.05, 0.1) is 10.7 Å². The van der Waals surface area contributed by atoms with E-state index in [-0.39, 0.29) is 5.54 Å². The Bertz CT molecular complexity index is 823. The molecule has 0 saturated heterocycles. The van der Waals surface area contributed by atoms with Crippen LogP contribution < -0.4 is 4.90 Å². The molecule has 0 radical (unpaired) electrons. The van der Waals surface area contributed by atoms with Crippen LogP contribution in [0.2, 0.25) is 5.02 Å². The van der Waals surface area contributed by atoms with E-state index in [0.717, 1.165) is 35.7 Å². The summed E-state index contributed by atoms with van der Waals surface area (Å²) < 4.78 is 0. The van der Waals surface area contributed by atoms with Gasteiger partial charge in [-0.15, -0.1) is 0 Å². The van der Waals surface area contributed by atoms with Crippen molar-refractivity contribution in [3.8, 4) is 0 Å². The average molecular weight is 369 g/mol. The second kappa shape index (κ2) is 7.44. The minimum absolute atomic E-state index is 0.155. The fraction of sp³-hybridized carbons (Fsp3) is 0.435. The summed E-state index contributed by atoms with van der Waals surface area (Å²) in [5.41, 5.74) is 5.98. The number of nitrogens with zero attached hydrogens (tertiary/aromatic N) is 2. The molecule has 0 bridgehead atoms. The smallest absolute Gasteiger partial charge is 0.0659 e. The first kappa shape index (κ1) is 19.0. The van der Waals surface area contributed by atoms with Gasteiger partial charge in [0.25, 0.3) is 0 Å². The van der Waals surface area contributed by atoms with Crippen molar-refractivity contribution in [1.29, 1.82) is 0 Å². The highest BCUT2D eigenvalue weighted by Gasteiger charge is 2.36. The first-order valence-electron chi connectivity index (χ1n) is 9.54. The summed E-state index contributed by atoms with van der Waals surface area (Å²) in [6.07, 6.45) is 4.18. The minimum Gasteiger partial charge on any atom is -0.366 e. The average Bonchev–Trinajstić information content (AvgIpc) is 2.58. The van der Waals surface area contributed by atoms with E-state index in [1.165, 1.54) is 16.8 Å². The molecule has 0 aromatic heterocycles. The monoisotopic (exact) mass is 368 g/mol. The van der Waals surface area contributed by atoms with Crippen molar-refractivity contribution in [3.63, 3.8) is 0 Å². The van der Waals surface area contributed by atoms with Gasteiger partial charge in [0.2, 0.25) is 0 Å². The Hall–Kier alpha value is -1.80.